The largest absolute Gasteiger partial charge is 0.357 e. The number of hydrogen-bond acceptors (Lipinski definition) is 3. The molecule has 158 valence electrons. The predicted molar refractivity (Wildman–Crippen MR) is 124 cm³/mol. The lowest BCUT2D eigenvalue weighted by molar-refractivity contribution is -0.130. The smallest absolute Gasteiger partial charge is 0.219 e. The van der Waals surface area contributed by atoms with E-state index in [0.717, 1.165) is 64.9 Å². The van der Waals surface area contributed by atoms with Crippen molar-refractivity contribution in [2.45, 2.75) is 53.4 Å². The van der Waals surface area contributed by atoms with Crippen molar-refractivity contribution in [1.82, 2.24) is 20.0 Å². The van der Waals surface area contributed by atoms with E-state index >= 15 is 0 Å². The topological polar surface area (TPSA) is 51.2 Å². The minimum Gasteiger partial charge on any atom is -0.357 e. The second-order valence-corrected chi connectivity index (χ2v) is 8.17. The molecule has 0 saturated carbocycles. The van der Waals surface area contributed by atoms with Crippen molar-refractivity contribution in [2.24, 2.45) is 10.4 Å². The molecule has 1 N–H and O–H groups in total. The number of piperidine rings is 1. The van der Waals surface area contributed by atoms with Crippen LogP contribution in [0.1, 0.15) is 53.4 Å². The van der Waals surface area contributed by atoms with Crippen molar-refractivity contribution in [2.75, 3.05) is 58.9 Å². The highest BCUT2D eigenvalue weighted by Crippen LogP contribution is 2.33. The summed E-state index contributed by atoms with van der Waals surface area (Å²) in [5.74, 6) is 1.27. The maximum atomic E-state index is 11.4. The Bertz CT molecular complexity index is 475. The summed E-state index contributed by atoms with van der Waals surface area (Å²) < 4.78 is 0. The van der Waals surface area contributed by atoms with Crippen molar-refractivity contribution in [1.29, 1.82) is 0 Å². The highest BCUT2D eigenvalue weighted by atomic mass is 127. The van der Waals surface area contributed by atoms with E-state index in [1.807, 2.05) is 4.90 Å². The Balaban J connectivity index is 0.00000364. The highest BCUT2D eigenvalue weighted by molar-refractivity contribution is 14.0. The van der Waals surface area contributed by atoms with E-state index in [4.69, 9.17) is 4.99 Å². The van der Waals surface area contributed by atoms with Crippen molar-refractivity contribution in [3.05, 3.63) is 0 Å². The molecule has 1 unspecified atom stereocenters. The van der Waals surface area contributed by atoms with Gasteiger partial charge in [-0.2, -0.15) is 0 Å². The summed E-state index contributed by atoms with van der Waals surface area (Å²) in [6, 6.07) is 0. The lowest BCUT2D eigenvalue weighted by Crippen LogP contribution is -2.50. The van der Waals surface area contributed by atoms with Gasteiger partial charge in [0.1, 0.15) is 0 Å². The molecule has 6 nitrogen and oxygen atoms in total. The van der Waals surface area contributed by atoms with Gasteiger partial charge < -0.3 is 15.1 Å². The molecule has 27 heavy (non-hydrogen) atoms. The second-order valence-electron chi connectivity index (χ2n) is 8.17. The molecular weight excluding hydrogens is 453 g/mol. The van der Waals surface area contributed by atoms with Gasteiger partial charge in [-0.15, -0.1) is 24.0 Å². The van der Waals surface area contributed by atoms with Gasteiger partial charge in [0.25, 0.3) is 0 Å². The number of hydrogen-bond donors (Lipinski definition) is 1. The van der Waals surface area contributed by atoms with Gasteiger partial charge in [0.05, 0.1) is 6.54 Å². The Morgan fingerprint density at radius 1 is 1.11 bits per heavy atom. The van der Waals surface area contributed by atoms with Crippen LogP contribution >= 0.6 is 24.0 Å². The number of guanidine groups is 1. The molecule has 2 saturated heterocycles. The summed E-state index contributed by atoms with van der Waals surface area (Å²) in [5.41, 5.74) is 0.423. The normalized spacial score (nSPS) is 24.5. The molecule has 2 fully saturated rings. The average molecular weight is 493 g/mol. The number of carbonyl (C=O) groups excluding carboxylic acids is 1. The summed E-state index contributed by atoms with van der Waals surface area (Å²) in [4.78, 5) is 23.2. The van der Waals surface area contributed by atoms with Gasteiger partial charge in [0.15, 0.2) is 5.96 Å². The summed E-state index contributed by atoms with van der Waals surface area (Å²) in [6.45, 7) is 17.1. The molecule has 2 aliphatic heterocycles. The number of nitrogens with zero attached hydrogens (tertiary/aromatic N) is 4. The van der Waals surface area contributed by atoms with Crippen LogP contribution in [-0.2, 0) is 4.79 Å². The van der Waals surface area contributed by atoms with Crippen LogP contribution in [0.25, 0.3) is 0 Å². The Morgan fingerprint density at radius 2 is 1.81 bits per heavy atom. The van der Waals surface area contributed by atoms with E-state index in [9.17, 15) is 4.79 Å². The van der Waals surface area contributed by atoms with Crippen molar-refractivity contribution < 1.29 is 4.79 Å². The van der Waals surface area contributed by atoms with E-state index in [1.165, 1.54) is 25.7 Å². The molecule has 0 aromatic heterocycles. The van der Waals surface area contributed by atoms with Gasteiger partial charge >= 0.3 is 0 Å². The molecule has 7 heteroatoms. The summed E-state index contributed by atoms with van der Waals surface area (Å²) in [6.07, 6.45) is 5.14. The molecule has 1 amide bonds. The first kappa shape index (κ1) is 24.5. The summed E-state index contributed by atoms with van der Waals surface area (Å²) >= 11 is 0. The fraction of sp³-hybridized carbons (Fsp3) is 0.900. The highest BCUT2D eigenvalue weighted by Gasteiger charge is 2.31. The molecule has 0 spiro atoms. The van der Waals surface area contributed by atoms with Crippen LogP contribution in [0.2, 0.25) is 0 Å². The molecular formula is C20H40IN5O. The van der Waals surface area contributed by atoms with Crippen molar-refractivity contribution in [3.63, 3.8) is 0 Å². The molecule has 0 aromatic carbocycles. The Morgan fingerprint density at radius 3 is 2.41 bits per heavy atom. The molecule has 2 rings (SSSR count). The van der Waals surface area contributed by atoms with E-state index < -0.39 is 0 Å². The first-order chi connectivity index (χ1) is 12.5. The third kappa shape index (κ3) is 7.75. The maximum absolute atomic E-state index is 11.4. The summed E-state index contributed by atoms with van der Waals surface area (Å²) in [5, 5.41) is 3.50. The van der Waals surface area contributed by atoms with E-state index in [-0.39, 0.29) is 29.9 Å². The van der Waals surface area contributed by atoms with Gasteiger partial charge in [-0.25, -0.2) is 0 Å². The van der Waals surface area contributed by atoms with Crippen LogP contribution in [0, 0.1) is 5.41 Å². The molecule has 2 heterocycles. The van der Waals surface area contributed by atoms with Gasteiger partial charge in [-0.1, -0.05) is 20.3 Å². The molecule has 0 bridgehead atoms. The second kappa shape index (κ2) is 12.1. The van der Waals surface area contributed by atoms with Gasteiger partial charge in [0, 0.05) is 59.3 Å². The summed E-state index contributed by atoms with van der Waals surface area (Å²) in [7, 11) is 0. The van der Waals surface area contributed by atoms with Crippen molar-refractivity contribution >= 4 is 35.8 Å². The van der Waals surface area contributed by atoms with Crippen LogP contribution < -0.4 is 5.32 Å². The molecule has 2 aliphatic rings. The minimum atomic E-state index is 0. The van der Waals surface area contributed by atoms with E-state index in [1.54, 1.807) is 6.92 Å². The number of halogens is 1. The minimum absolute atomic E-state index is 0. The zero-order valence-corrected chi connectivity index (χ0v) is 20.1. The van der Waals surface area contributed by atoms with E-state index in [2.05, 4.69) is 35.9 Å². The number of carbonyl (C=O) groups is 1. The Hall–Kier alpha value is -0.570. The monoisotopic (exact) mass is 493 g/mol. The van der Waals surface area contributed by atoms with Gasteiger partial charge in [-0.05, 0) is 31.6 Å². The third-order valence-corrected chi connectivity index (χ3v) is 5.76. The number of rotatable bonds is 6. The fourth-order valence-electron chi connectivity index (χ4n) is 4.31. The fourth-order valence-corrected chi connectivity index (χ4v) is 4.31. The third-order valence-electron chi connectivity index (χ3n) is 5.76. The van der Waals surface area contributed by atoms with Gasteiger partial charge in [-0.3, -0.25) is 14.7 Å². The molecule has 0 aliphatic carbocycles. The van der Waals surface area contributed by atoms with Gasteiger partial charge in [0.2, 0.25) is 5.91 Å². The van der Waals surface area contributed by atoms with Crippen LogP contribution in [0.4, 0.5) is 0 Å². The quantitative estimate of drug-likeness (QED) is 0.351. The molecule has 0 radical (unpaired) electrons. The molecule has 1 atom stereocenters. The standard InChI is InChI=1S/C20H39N5O.HI/c1-5-8-20(4)9-7-11-25(17-20)19(21-6-2)22-10-12-23-13-15-24(16-14-23)18(3)26;/h5-17H2,1-4H3,(H,21,22);1H. The van der Waals surface area contributed by atoms with Crippen LogP contribution in [0.3, 0.4) is 0 Å². The zero-order chi connectivity index (χ0) is 19.0. The Kier molecular flexibility index (Phi) is 11.0. The SMILES string of the molecule is CCCC1(C)CCCN(C(=NCCN2CCN(C(C)=O)CC2)NCC)C1.I. The molecule has 0 aromatic rings. The lowest BCUT2D eigenvalue weighted by Gasteiger charge is -2.42. The number of likely N-dealkylation sites (tertiary alicyclic amines) is 1. The maximum Gasteiger partial charge on any atom is 0.219 e. The van der Waals surface area contributed by atoms with Crippen LogP contribution in [0.15, 0.2) is 4.99 Å². The van der Waals surface area contributed by atoms with E-state index in [0.29, 0.717) is 5.41 Å². The average Bonchev–Trinajstić information content (AvgIpc) is 2.61. The Labute approximate surface area is 183 Å². The number of nitrogens with one attached hydrogen (secondary N) is 1. The lowest BCUT2D eigenvalue weighted by atomic mass is 9.78. The van der Waals surface area contributed by atoms with Crippen molar-refractivity contribution in [3.8, 4) is 0 Å². The first-order valence-electron chi connectivity index (χ1n) is 10.5. The first-order valence-corrected chi connectivity index (χ1v) is 10.5. The predicted octanol–water partition coefficient (Wildman–Crippen LogP) is 2.64. The van der Waals surface area contributed by atoms with Crippen LogP contribution in [0.5, 0.6) is 0 Å². The zero-order valence-electron chi connectivity index (χ0n) is 17.8. The van der Waals surface area contributed by atoms with Crippen LogP contribution in [-0.4, -0.2) is 85.5 Å². The number of aliphatic imine (C=N–C) groups is 1. The number of piperazine rings is 1. The number of amides is 1.